The quantitative estimate of drug-likeness (QED) is 0.794. The molecule has 0 radical (unpaired) electrons. The average molecular weight is 321 g/mol. The lowest BCUT2D eigenvalue weighted by Gasteiger charge is -2.33. The molecule has 3 N–H and O–H groups in total. The maximum atomic E-state index is 11.4. The smallest absolute Gasteiger partial charge is 0.220 e. The van der Waals surface area contributed by atoms with Gasteiger partial charge in [0.15, 0.2) is 0 Å². The Hall–Kier alpha value is -1.50. The summed E-state index contributed by atoms with van der Waals surface area (Å²) in [7, 11) is 0. The minimum absolute atomic E-state index is 0.0480. The molecule has 1 saturated heterocycles. The Balaban J connectivity index is 1.74. The van der Waals surface area contributed by atoms with Crippen LogP contribution in [-0.2, 0) is 4.79 Å². The lowest BCUT2D eigenvalue weighted by molar-refractivity contribution is -0.938. The Morgan fingerprint density at radius 1 is 1.30 bits per heavy atom. The van der Waals surface area contributed by atoms with Crippen LogP contribution in [-0.4, -0.2) is 39.2 Å². The van der Waals surface area contributed by atoms with Gasteiger partial charge in [-0.05, 0) is 23.3 Å². The van der Waals surface area contributed by atoms with Gasteiger partial charge in [-0.2, -0.15) is 0 Å². The molecule has 2 aliphatic rings. The standard InChI is InChI=1S/C16H28N6O/c1-2-5-14(21-10-8-12(9-11-21)15(17)23)16-18-19-20-22(16)13-6-3-4-7-13/h12-14H,2-11H2,1H3,(H2,17,23)/p+1/t14-/m0/s1. The minimum atomic E-state index is -0.146. The summed E-state index contributed by atoms with van der Waals surface area (Å²) in [4.78, 5) is 12.9. The van der Waals surface area contributed by atoms with Crippen molar-refractivity contribution in [2.75, 3.05) is 13.1 Å². The first-order valence-corrected chi connectivity index (χ1v) is 9.12. The molecule has 1 atom stereocenters. The molecule has 2 heterocycles. The van der Waals surface area contributed by atoms with E-state index in [-0.39, 0.29) is 11.8 Å². The van der Waals surface area contributed by atoms with E-state index in [2.05, 4.69) is 27.1 Å². The van der Waals surface area contributed by atoms with E-state index in [4.69, 9.17) is 5.73 Å². The fourth-order valence-corrected chi connectivity index (χ4v) is 4.26. The number of piperidine rings is 1. The topological polar surface area (TPSA) is 91.1 Å². The fraction of sp³-hybridized carbons (Fsp3) is 0.875. The van der Waals surface area contributed by atoms with Gasteiger partial charge in [0.25, 0.3) is 0 Å². The van der Waals surface area contributed by atoms with Crippen LogP contribution in [0.15, 0.2) is 0 Å². The lowest BCUT2D eigenvalue weighted by atomic mass is 9.94. The van der Waals surface area contributed by atoms with E-state index in [0.717, 1.165) is 44.6 Å². The van der Waals surface area contributed by atoms with Crippen molar-refractivity contribution in [3.05, 3.63) is 5.82 Å². The Kier molecular flexibility index (Phi) is 5.25. The van der Waals surface area contributed by atoms with Crippen LogP contribution in [0.25, 0.3) is 0 Å². The molecule has 7 nitrogen and oxygen atoms in total. The van der Waals surface area contributed by atoms with Crippen molar-refractivity contribution in [2.45, 2.75) is 70.4 Å². The van der Waals surface area contributed by atoms with E-state index in [1.807, 2.05) is 0 Å². The Morgan fingerprint density at radius 3 is 2.61 bits per heavy atom. The van der Waals surface area contributed by atoms with E-state index in [9.17, 15) is 4.79 Å². The van der Waals surface area contributed by atoms with Crippen LogP contribution in [0.3, 0.4) is 0 Å². The third kappa shape index (κ3) is 3.54. The second kappa shape index (κ2) is 7.38. The zero-order valence-corrected chi connectivity index (χ0v) is 14.1. The number of nitrogens with one attached hydrogen (secondary N) is 1. The van der Waals surface area contributed by atoms with Crippen molar-refractivity contribution in [2.24, 2.45) is 11.7 Å². The predicted octanol–water partition coefficient (Wildman–Crippen LogP) is 0.410. The number of carbonyl (C=O) groups is 1. The number of hydrogen-bond acceptors (Lipinski definition) is 4. The average Bonchev–Trinajstić information content (AvgIpc) is 3.23. The van der Waals surface area contributed by atoms with Crippen molar-refractivity contribution in [1.29, 1.82) is 0 Å². The van der Waals surface area contributed by atoms with Crippen LogP contribution in [0.1, 0.15) is 76.2 Å². The molecule has 1 aliphatic heterocycles. The Labute approximate surface area is 137 Å². The second-order valence-corrected chi connectivity index (χ2v) is 7.10. The molecule has 1 aromatic heterocycles. The molecule has 7 heteroatoms. The highest BCUT2D eigenvalue weighted by molar-refractivity contribution is 5.76. The monoisotopic (exact) mass is 321 g/mol. The number of amides is 1. The number of quaternary nitrogens is 1. The van der Waals surface area contributed by atoms with Gasteiger partial charge < -0.3 is 10.6 Å². The summed E-state index contributed by atoms with van der Waals surface area (Å²) >= 11 is 0. The van der Waals surface area contributed by atoms with E-state index in [0.29, 0.717) is 12.1 Å². The van der Waals surface area contributed by atoms with Crippen LogP contribution in [0.2, 0.25) is 0 Å². The Morgan fingerprint density at radius 2 is 2.00 bits per heavy atom. The van der Waals surface area contributed by atoms with Crippen molar-refractivity contribution < 1.29 is 9.69 Å². The van der Waals surface area contributed by atoms with Gasteiger partial charge in [-0.15, -0.1) is 5.10 Å². The van der Waals surface area contributed by atoms with E-state index in [1.54, 1.807) is 0 Å². The SMILES string of the molecule is CCC[C@@H](c1nnnn1C1CCCC1)[NH+]1CCC(C(N)=O)CC1. The Bertz CT molecular complexity index is 516. The van der Waals surface area contributed by atoms with Crippen LogP contribution < -0.4 is 10.6 Å². The van der Waals surface area contributed by atoms with E-state index < -0.39 is 0 Å². The first kappa shape index (κ1) is 16.4. The number of nitrogens with zero attached hydrogens (tertiary/aromatic N) is 4. The van der Waals surface area contributed by atoms with Crippen LogP contribution in [0.4, 0.5) is 0 Å². The second-order valence-electron chi connectivity index (χ2n) is 7.10. The molecule has 0 aromatic carbocycles. The molecule has 0 unspecified atom stereocenters. The molecule has 1 aromatic rings. The number of nitrogens with two attached hydrogens (primary N) is 1. The first-order valence-electron chi connectivity index (χ1n) is 9.12. The normalized spacial score (nSPS) is 27.2. The molecule has 0 bridgehead atoms. The maximum Gasteiger partial charge on any atom is 0.220 e. The molecular formula is C16H29N6O+. The van der Waals surface area contributed by atoms with Gasteiger partial charge in [-0.25, -0.2) is 4.68 Å². The summed E-state index contributed by atoms with van der Waals surface area (Å²) in [5, 5.41) is 12.7. The minimum Gasteiger partial charge on any atom is -0.369 e. The summed E-state index contributed by atoms with van der Waals surface area (Å²) in [6.07, 6.45) is 8.91. The number of primary amides is 1. The van der Waals surface area contributed by atoms with Gasteiger partial charge in [-0.1, -0.05) is 26.2 Å². The van der Waals surface area contributed by atoms with Gasteiger partial charge in [0.05, 0.1) is 19.1 Å². The van der Waals surface area contributed by atoms with Crippen LogP contribution >= 0.6 is 0 Å². The first-order chi connectivity index (χ1) is 11.2. The summed E-state index contributed by atoms with van der Waals surface area (Å²) in [6.45, 7) is 4.18. The zero-order chi connectivity index (χ0) is 16.2. The van der Waals surface area contributed by atoms with Crippen LogP contribution in [0, 0.1) is 5.92 Å². The molecule has 1 aliphatic carbocycles. The van der Waals surface area contributed by atoms with E-state index >= 15 is 0 Å². The number of rotatable bonds is 6. The third-order valence-electron chi connectivity index (χ3n) is 5.60. The van der Waals surface area contributed by atoms with Crippen molar-refractivity contribution in [3.8, 4) is 0 Å². The molecule has 2 fully saturated rings. The number of aromatic nitrogens is 4. The van der Waals surface area contributed by atoms with Gasteiger partial charge in [-0.3, -0.25) is 4.79 Å². The molecular weight excluding hydrogens is 292 g/mol. The molecule has 23 heavy (non-hydrogen) atoms. The largest absolute Gasteiger partial charge is 0.369 e. The molecule has 0 spiro atoms. The van der Waals surface area contributed by atoms with Crippen molar-refractivity contribution in [1.82, 2.24) is 20.2 Å². The lowest BCUT2D eigenvalue weighted by Crippen LogP contribution is -3.13. The highest BCUT2D eigenvalue weighted by Crippen LogP contribution is 2.30. The highest BCUT2D eigenvalue weighted by Gasteiger charge is 2.35. The highest BCUT2D eigenvalue weighted by atomic mass is 16.1. The number of likely N-dealkylation sites (tertiary alicyclic amines) is 1. The predicted molar refractivity (Wildman–Crippen MR) is 85.6 cm³/mol. The van der Waals surface area contributed by atoms with Gasteiger partial charge in [0, 0.05) is 25.2 Å². The fourth-order valence-electron chi connectivity index (χ4n) is 4.26. The number of hydrogen-bond donors (Lipinski definition) is 2. The number of carbonyl (C=O) groups excluding carboxylic acids is 1. The summed E-state index contributed by atoms with van der Waals surface area (Å²) < 4.78 is 2.10. The van der Waals surface area contributed by atoms with Crippen molar-refractivity contribution in [3.63, 3.8) is 0 Å². The third-order valence-corrected chi connectivity index (χ3v) is 5.60. The summed E-state index contributed by atoms with van der Waals surface area (Å²) in [5.41, 5.74) is 5.46. The van der Waals surface area contributed by atoms with Gasteiger partial charge >= 0.3 is 0 Å². The summed E-state index contributed by atoms with van der Waals surface area (Å²) in [5.74, 6) is 0.949. The van der Waals surface area contributed by atoms with E-state index in [1.165, 1.54) is 30.6 Å². The van der Waals surface area contributed by atoms with Crippen LogP contribution in [0.5, 0.6) is 0 Å². The molecule has 1 saturated carbocycles. The molecule has 3 rings (SSSR count). The molecule has 128 valence electrons. The zero-order valence-electron chi connectivity index (χ0n) is 14.1. The van der Waals surface area contributed by atoms with Gasteiger partial charge in [0.2, 0.25) is 11.7 Å². The summed E-state index contributed by atoms with van der Waals surface area (Å²) in [6, 6.07) is 0.811. The van der Waals surface area contributed by atoms with Crippen molar-refractivity contribution >= 4 is 5.91 Å². The maximum absolute atomic E-state index is 11.4. The molecule has 1 amide bonds. The van der Waals surface area contributed by atoms with Gasteiger partial charge in [0.1, 0.15) is 6.04 Å². The number of tetrazole rings is 1.